The van der Waals surface area contributed by atoms with Gasteiger partial charge in [0.15, 0.2) is 0 Å². The molecule has 0 radical (unpaired) electrons. The molecule has 0 aromatic heterocycles. The minimum atomic E-state index is 0.325. The standard InChI is InChI=1S/C15H23N/c1-11(2)7-8-12(3)15(6)13(4)9-10-14(5)16/h7-10,15H,4-5,16H2,1-3,6H3/b10-9-,12-8+. The van der Waals surface area contributed by atoms with Crippen molar-refractivity contribution in [2.24, 2.45) is 11.7 Å². The molecule has 1 heteroatoms. The highest BCUT2D eigenvalue weighted by atomic mass is 14.5. The Balaban J connectivity index is 4.62. The summed E-state index contributed by atoms with van der Waals surface area (Å²) in [5.41, 5.74) is 9.65. The lowest BCUT2D eigenvalue weighted by Crippen LogP contribution is -1.98. The van der Waals surface area contributed by atoms with Crippen molar-refractivity contribution in [3.05, 3.63) is 59.9 Å². The lowest BCUT2D eigenvalue weighted by Gasteiger charge is -2.12. The average Bonchev–Trinajstić information content (AvgIpc) is 2.21. The highest BCUT2D eigenvalue weighted by molar-refractivity contribution is 5.30. The molecular formula is C15H23N. The Morgan fingerprint density at radius 3 is 2.06 bits per heavy atom. The van der Waals surface area contributed by atoms with Gasteiger partial charge in [-0.05, 0) is 32.4 Å². The summed E-state index contributed by atoms with van der Waals surface area (Å²) in [6.45, 7) is 16.1. The summed E-state index contributed by atoms with van der Waals surface area (Å²) in [6, 6.07) is 0. The minimum absolute atomic E-state index is 0.325. The molecule has 0 saturated carbocycles. The van der Waals surface area contributed by atoms with E-state index in [4.69, 9.17) is 5.73 Å². The molecule has 0 aromatic rings. The van der Waals surface area contributed by atoms with Crippen LogP contribution in [-0.4, -0.2) is 0 Å². The van der Waals surface area contributed by atoms with Gasteiger partial charge in [0.05, 0.1) is 0 Å². The van der Waals surface area contributed by atoms with Crippen molar-refractivity contribution in [2.75, 3.05) is 0 Å². The third kappa shape index (κ3) is 6.07. The van der Waals surface area contributed by atoms with Gasteiger partial charge in [-0.25, -0.2) is 0 Å². The zero-order valence-electron chi connectivity index (χ0n) is 10.9. The van der Waals surface area contributed by atoms with E-state index in [1.165, 1.54) is 11.1 Å². The summed E-state index contributed by atoms with van der Waals surface area (Å²) in [5.74, 6) is 0.325. The number of hydrogen-bond donors (Lipinski definition) is 1. The molecule has 16 heavy (non-hydrogen) atoms. The van der Waals surface area contributed by atoms with Gasteiger partial charge < -0.3 is 5.73 Å². The monoisotopic (exact) mass is 217 g/mol. The molecular weight excluding hydrogens is 194 g/mol. The van der Waals surface area contributed by atoms with Crippen LogP contribution in [0.1, 0.15) is 27.7 Å². The van der Waals surface area contributed by atoms with Crippen LogP contribution in [0.3, 0.4) is 0 Å². The van der Waals surface area contributed by atoms with Gasteiger partial charge in [-0.1, -0.05) is 49.5 Å². The van der Waals surface area contributed by atoms with Gasteiger partial charge in [0, 0.05) is 11.6 Å². The first kappa shape index (κ1) is 14.5. The van der Waals surface area contributed by atoms with E-state index < -0.39 is 0 Å². The van der Waals surface area contributed by atoms with Crippen LogP contribution in [0.5, 0.6) is 0 Å². The molecule has 1 nitrogen and oxygen atoms in total. The molecule has 0 aliphatic carbocycles. The van der Waals surface area contributed by atoms with E-state index in [1.807, 2.05) is 6.08 Å². The number of hydrogen-bond acceptors (Lipinski definition) is 1. The van der Waals surface area contributed by atoms with E-state index in [1.54, 1.807) is 6.08 Å². The predicted molar refractivity (Wildman–Crippen MR) is 74.0 cm³/mol. The highest BCUT2D eigenvalue weighted by Crippen LogP contribution is 2.19. The fourth-order valence-corrected chi connectivity index (χ4v) is 1.09. The van der Waals surface area contributed by atoms with E-state index in [2.05, 4.69) is 53.0 Å². The smallest absolute Gasteiger partial charge is 0.0241 e. The number of allylic oxidation sites excluding steroid dienone is 7. The van der Waals surface area contributed by atoms with E-state index in [-0.39, 0.29) is 0 Å². The molecule has 0 heterocycles. The minimum Gasteiger partial charge on any atom is -0.399 e. The van der Waals surface area contributed by atoms with E-state index >= 15 is 0 Å². The Morgan fingerprint density at radius 2 is 1.62 bits per heavy atom. The quantitative estimate of drug-likeness (QED) is 0.689. The lowest BCUT2D eigenvalue weighted by molar-refractivity contribution is 0.826. The number of nitrogens with two attached hydrogens (primary N) is 1. The van der Waals surface area contributed by atoms with Crippen molar-refractivity contribution in [1.82, 2.24) is 0 Å². The largest absolute Gasteiger partial charge is 0.399 e. The zero-order chi connectivity index (χ0) is 12.7. The molecule has 0 fully saturated rings. The second kappa shape index (κ2) is 6.89. The number of rotatable bonds is 5. The highest BCUT2D eigenvalue weighted by Gasteiger charge is 2.05. The van der Waals surface area contributed by atoms with Crippen molar-refractivity contribution < 1.29 is 0 Å². The van der Waals surface area contributed by atoms with Crippen LogP contribution in [0.4, 0.5) is 0 Å². The first-order valence-corrected chi connectivity index (χ1v) is 5.47. The lowest BCUT2D eigenvalue weighted by atomic mass is 9.94. The van der Waals surface area contributed by atoms with Crippen LogP contribution in [-0.2, 0) is 0 Å². The summed E-state index contributed by atoms with van der Waals surface area (Å²) in [7, 11) is 0. The fourth-order valence-electron chi connectivity index (χ4n) is 1.09. The van der Waals surface area contributed by atoms with Gasteiger partial charge in [-0.15, -0.1) is 0 Å². The van der Waals surface area contributed by atoms with Crippen molar-refractivity contribution in [2.45, 2.75) is 27.7 Å². The maximum atomic E-state index is 5.47. The third-order valence-corrected chi connectivity index (χ3v) is 2.43. The van der Waals surface area contributed by atoms with E-state index in [0.29, 0.717) is 11.6 Å². The molecule has 0 amide bonds. The molecule has 0 bridgehead atoms. The van der Waals surface area contributed by atoms with Gasteiger partial charge in [-0.3, -0.25) is 0 Å². The summed E-state index contributed by atoms with van der Waals surface area (Å²) in [5, 5.41) is 0. The third-order valence-electron chi connectivity index (χ3n) is 2.43. The van der Waals surface area contributed by atoms with Crippen LogP contribution in [0.25, 0.3) is 0 Å². The molecule has 0 aromatic carbocycles. The van der Waals surface area contributed by atoms with Crippen molar-refractivity contribution in [1.29, 1.82) is 0 Å². The van der Waals surface area contributed by atoms with Crippen molar-refractivity contribution in [3.8, 4) is 0 Å². The Kier molecular flexibility index (Phi) is 6.24. The maximum Gasteiger partial charge on any atom is 0.0241 e. The van der Waals surface area contributed by atoms with Crippen LogP contribution < -0.4 is 5.73 Å². The van der Waals surface area contributed by atoms with Gasteiger partial charge in [-0.2, -0.15) is 0 Å². The first-order chi connectivity index (χ1) is 7.34. The predicted octanol–water partition coefficient (Wildman–Crippen LogP) is 4.12. The van der Waals surface area contributed by atoms with Crippen molar-refractivity contribution >= 4 is 0 Å². The first-order valence-electron chi connectivity index (χ1n) is 5.47. The SMILES string of the molecule is C=C(N)/C=C\C(=C)C(C)/C(C)=C/C=C(C)C. The molecule has 1 atom stereocenters. The summed E-state index contributed by atoms with van der Waals surface area (Å²) < 4.78 is 0. The molecule has 0 rings (SSSR count). The fraction of sp³-hybridized carbons (Fsp3) is 0.333. The molecule has 0 aliphatic rings. The molecule has 88 valence electrons. The molecule has 0 spiro atoms. The molecule has 1 unspecified atom stereocenters. The molecule has 0 saturated heterocycles. The Bertz CT molecular complexity index is 350. The van der Waals surface area contributed by atoms with Crippen LogP contribution in [0, 0.1) is 5.92 Å². The molecule has 0 aliphatic heterocycles. The Morgan fingerprint density at radius 1 is 1.06 bits per heavy atom. The summed E-state index contributed by atoms with van der Waals surface area (Å²) in [4.78, 5) is 0. The van der Waals surface area contributed by atoms with Gasteiger partial charge >= 0.3 is 0 Å². The second-order valence-corrected chi connectivity index (χ2v) is 4.36. The van der Waals surface area contributed by atoms with Crippen LogP contribution in [0.2, 0.25) is 0 Å². The van der Waals surface area contributed by atoms with Crippen LogP contribution in [0.15, 0.2) is 59.9 Å². The van der Waals surface area contributed by atoms with Crippen LogP contribution >= 0.6 is 0 Å². The van der Waals surface area contributed by atoms with Gasteiger partial charge in [0.25, 0.3) is 0 Å². The van der Waals surface area contributed by atoms with E-state index in [9.17, 15) is 0 Å². The van der Waals surface area contributed by atoms with Gasteiger partial charge in [0.2, 0.25) is 0 Å². The van der Waals surface area contributed by atoms with Crippen molar-refractivity contribution in [3.63, 3.8) is 0 Å². The normalized spacial score (nSPS) is 13.6. The topological polar surface area (TPSA) is 26.0 Å². The summed E-state index contributed by atoms with van der Waals surface area (Å²) in [6.07, 6.45) is 7.96. The average molecular weight is 217 g/mol. The Labute approximate surface area is 99.7 Å². The van der Waals surface area contributed by atoms with Gasteiger partial charge in [0.1, 0.15) is 0 Å². The summed E-state index contributed by atoms with van der Waals surface area (Å²) >= 11 is 0. The molecule has 2 N–H and O–H groups in total. The zero-order valence-corrected chi connectivity index (χ0v) is 10.9. The Hall–Kier alpha value is -1.50. The van der Waals surface area contributed by atoms with E-state index in [0.717, 1.165) is 5.57 Å². The second-order valence-electron chi connectivity index (χ2n) is 4.36. The maximum absolute atomic E-state index is 5.47.